The summed E-state index contributed by atoms with van der Waals surface area (Å²) in [5.41, 5.74) is 2.27. The third kappa shape index (κ3) is 4.15. The summed E-state index contributed by atoms with van der Waals surface area (Å²) in [6, 6.07) is 8.19. The van der Waals surface area contributed by atoms with E-state index in [4.69, 9.17) is 0 Å². The van der Waals surface area contributed by atoms with Crippen LogP contribution in [0, 0.1) is 22.6 Å². The number of rotatable bonds is 6. The molecule has 1 aliphatic rings. The molecule has 8 nitrogen and oxygen atoms in total. The lowest BCUT2D eigenvalue weighted by Crippen LogP contribution is -2.57. The minimum atomic E-state index is -0.391. The Morgan fingerprint density at radius 1 is 1.23 bits per heavy atom. The van der Waals surface area contributed by atoms with Gasteiger partial charge in [0.15, 0.2) is 0 Å². The van der Waals surface area contributed by atoms with Crippen molar-refractivity contribution in [1.29, 1.82) is 5.26 Å². The number of anilines is 2. The van der Waals surface area contributed by atoms with Crippen LogP contribution in [-0.2, 0) is 6.54 Å². The van der Waals surface area contributed by atoms with Crippen LogP contribution in [0.4, 0.5) is 16.2 Å². The van der Waals surface area contributed by atoms with Crippen molar-refractivity contribution in [3.05, 3.63) is 59.9 Å². The van der Waals surface area contributed by atoms with Gasteiger partial charge in [-0.3, -0.25) is 0 Å². The second kappa shape index (κ2) is 8.24. The molecule has 1 aliphatic carbocycles. The molecule has 31 heavy (non-hydrogen) atoms. The molecule has 0 amide bonds. The first kappa shape index (κ1) is 20.6. The SMILES string of the molecule is CC1(C)C(O)C[C@H]1Nc1nc(NCc2cncnc2-c2ccc(F)cc2)ncc1C#N. The van der Waals surface area contributed by atoms with Crippen molar-refractivity contribution < 1.29 is 9.50 Å². The third-order valence-corrected chi connectivity index (χ3v) is 5.78. The highest BCUT2D eigenvalue weighted by atomic mass is 19.1. The summed E-state index contributed by atoms with van der Waals surface area (Å²) in [5, 5.41) is 25.8. The van der Waals surface area contributed by atoms with Gasteiger partial charge in [0.05, 0.1) is 18.0 Å². The number of halogens is 1. The highest BCUT2D eigenvalue weighted by molar-refractivity contribution is 5.63. The number of nitrogens with zero attached hydrogens (tertiary/aromatic N) is 5. The van der Waals surface area contributed by atoms with E-state index in [0.29, 0.717) is 36.0 Å². The van der Waals surface area contributed by atoms with Crippen LogP contribution in [-0.4, -0.2) is 37.2 Å². The largest absolute Gasteiger partial charge is 0.392 e. The molecule has 9 heteroatoms. The average molecular weight is 419 g/mol. The van der Waals surface area contributed by atoms with E-state index in [0.717, 1.165) is 11.1 Å². The fourth-order valence-corrected chi connectivity index (χ4v) is 3.50. The van der Waals surface area contributed by atoms with Crippen LogP contribution < -0.4 is 10.6 Å². The molecule has 0 aliphatic heterocycles. The summed E-state index contributed by atoms with van der Waals surface area (Å²) in [6.07, 6.45) is 4.78. The normalized spacial score (nSPS) is 19.2. The zero-order valence-corrected chi connectivity index (χ0v) is 17.2. The van der Waals surface area contributed by atoms with Crippen molar-refractivity contribution in [3.63, 3.8) is 0 Å². The number of nitrogens with one attached hydrogen (secondary N) is 2. The van der Waals surface area contributed by atoms with Gasteiger partial charge in [-0.1, -0.05) is 13.8 Å². The van der Waals surface area contributed by atoms with E-state index in [9.17, 15) is 14.8 Å². The van der Waals surface area contributed by atoms with Crippen molar-refractivity contribution >= 4 is 11.8 Å². The summed E-state index contributed by atoms with van der Waals surface area (Å²) < 4.78 is 13.3. The van der Waals surface area contributed by atoms with E-state index < -0.39 is 6.10 Å². The standard InChI is InChI=1S/C22H22FN7O/c1-22(2)17(7-18(22)31)29-20-14(8-24)10-26-21(30-20)27-11-15-9-25-12-28-19(15)13-3-5-16(23)6-4-13/h3-6,9-10,12,17-18,31H,7,11H2,1-2H3,(H2,26,27,29,30)/t17-,18?/m1/s1. The average Bonchev–Trinajstić information content (AvgIpc) is 2.78. The van der Waals surface area contributed by atoms with Gasteiger partial charge in [-0.2, -0.15) is 10.2 Å². The lowest BCUT2D eigenvalue weighted by Gasteiger charge is -2.49. The maximum absolute atomic E-state index is 13.3. The molecule has 0 saturated heterocycles. The van der Waals surface area contributed by atoms with E-state index in [1.807, 2.05) is 13.8 Å². The molecule has 0 spiro atoms. The Morgan fingerprint density at radius 3 is 2.68 bits per heavy atom. The highest BCUT2D eigenvalue weighted by Crippen LogP contribution is 2.42. The van der Waals surface area contributed by atoms with Crippen LogP contribution >= 0.6 is 0 Å². The van der Waals surface area contributed by atoms with Crippen molar-refractivity contribution in [2.45, 2.75) is 39.0 Å². The second-order valence-electron chi connectivity index (χ2n) is 8.09. The van der Waals surface area contributed by atoms with Crippen LogP contribution in [0.5, 0.6) is 0 Å². The number of hydrogen-bond acceptors (Lipinski definition) is 8. The summed E-state index contributed by atoms with van der Waals surface area (Å²) in [7, 11) is 0. The Kier molecular flexibility index (Phi) is 5.48. The topological polar surface area (TPSA) is 120 Å². The van der Waals surface area contributed by atoms with Gasteiger partial charge >= 0.3 is 0 Å². The fraction of sp³-hybridized carbons (Fsp3) is 0.318. The quantitative estimate of drug-likeness (QED) is 0.557. The van der Waals surface area contributed by atoms with E-state index in [1.165, 1.54) is 24.7 Å². The van der Waals surface area contributed by atoms with Crippen LogP contribution in [0.1, 0.15) is 31.4 Å². The molecule has 0 radical (unpaired) electrons. The van der Waals surface area contributed by atoms with E-state index in [1.54, 1.807) is 18.3 Å². The Bertz CT molecular complexity index is 1130. The molecule has 1 aromatic carbocycles. The summed E-state index contributed by atoms with van der Waals surface area (Å²) >= 11 is 0. The van der Waals surface area contributed by atoms with Crippen LogP contribution in [0.25, 0.3) is 11.3 Å². The Balaban J connectivity index is 1.52. The predicted octanol–water partition coefficient (Wildman–Crippen LogP) is 3.13. The van der Waals surface area contributed by atoms with Gasteiger partial charge in [-0.25, -0.2) is 19.3 Å². The van der Waals surface area contributed by atoms with Gasteiger partial charge in [-0.15, -0.1) is 0 Å². The summed E-state index contributed by atoms with van der Waals surface area (Å²) in [6.45, 7) is 4.28. The van der Waals surface area contributed by atoms with Gasteiger partial charge in [0.2, 0.25) is 5.95 Å². The molecule has 4 rings (SSSR count). The highest BCUT2D eigenvalue weighted by Gasteiger charge is 2.47. The van der Waals surface area contributed by atoms with Crippen molar-refractivity contribution in [3.8, 4) is 17.3 Å². The van der Waals surface area contributed by atoms with Gasteiger partial charge in [-0.05, 0) is 30.7 Å². The first-order valence-corrected chi connectivity index (χ1v) is 9.89. The number of aliphatic hydroxyl groups excluding tert-OH is 1. The molecule has 1 saturated carbocycles. The predicted molar refractivity (Wildman–Crippen MR) is 113 cm³/mol. The zero-order chi connectivity index (χ0) is 22.0. The lowest BCUT2D eigenvalue weighted by atomic mass is 9.64. The molecule has 2 atom stereocenters. The number of aromatic nitrogens is 4. The molecule has 1 unspecified atom stereocenters. The van der Waals surface area contributed by atoms with Gasteiger partial charge in [0, 0.05) is 35.3 Å². The van der Waals surface area contributed by atoms with Crippen molar-refractivity contribution in [2.24, 2.45) is 5.41 Å². The third-order valence-electron chi connectivity index (χ3n) is 5.78. The molecule has 3 N–H and O–H groups in total. The zero-order valence-electron chi connectivity index (χ0n) is 17.2. The Hall–Kier alpha value is -3.64. The van der Waals surface area contributed by atoms with Crippen LogP contribution in [0.2, 0.25) is 0 Å². The maximum Gasteiger partial charge on any atom is 0.224 e. The van der Waals surface area contributed by atoms with Gasteiger partial charge in [0.25, 0.3) is 0 Å². The summed E-state index contributed by atoms with van der Waals surface area (Å²) in [5.74, 6) is 0.451. The van der Waals surface area contributed by atoms with Crippen LogP contribution in [0.15, 0.2) is 43.0 Å². The monoisotopic (exact) mass is 419 g/mol. The van der Waals surface area contributed by atoms with Crippen molar-refractivity contribution in [2.75, 3.05) is 10.6 Å². The maximum atomic E-state index is 13.3. The first-order valence-electron chi connectivity index (χ1n) is 9.89. The molecule has 3 aromatic rings. The van der Waals surface area contributed by atoms with Crippen LogP contribution in [0.3, 0.4) is 0 Å². The molecule has 1 fully saturated rings. The van der Waals surface area contributed by atoms with Crippen molar-refractivity contribution in [1.82, 2.24) is 19.9 Å². The second-order valence-corrected chi connectivity index (χ2v) is 8.09. The lowest BCUT2D eigenvalue weighted by molar-refractivity contribution is -0.0511. The molecule has 158 valence electrons. The summed E-state index contributed by atoms with van der Waals surface area (Å²) in [4.78, 5) is 17.1. The Morgan fingerprint density at radius 2 is 2.00 bits per heavy atom. The Labute approximate surface area is 179 Å². The molecule has 0 bridgehead atoms. The van der Waals surface area contributed by atoms with Gasteiger partial charge < -0.3 is 15.7 Å². The minimum Gasteiger partial charge on any atom is -0.392 e. The first-order chi connectivity index (χ1) is 14.9. The molecular formula is C22H22FN7O. The minimum absolute atomic E-state index is 0.00459. The fourth-order valence-electron chi connectivity index (χ4n) is 3.50. The number of hydrogen-bond donors (Lipinski definition) is 3. The smallest absolute Gasteiger partial charge is 0.224 e. The van der Waals surface area contributed by atoms with E-state index in [-0.39, 0.29) is 17.3 Å². The number of aliphatic hydroxyl groups is 1. The molecule has 2 aromatic heterocycles. The van der Waals surface area contributed by atoms with E-state index >= 15 is 0 Å². The number of benzene rings is 1. The van der Waals surface area contributed by atoms with Gasteiger partial charge in [0.1, 0.15) is 29.6 Å². The van der Waals surface area contributed by atoms with E-state index in [2.05, 4.69) is 36.6 Å². The molecule has 2 heterocycles. The molecular weight excluding hydrogens is 397 g/mol. The number of nitriles is 1.